The molecule has 2 N–H and O–H groups in total. The molecule has 88 valence electrons. The van der Waals surface area contributed by atoms with E-state index in [0.29, 0.717) is 5.52 Å². The van der Waals surface area contributed by atoms with Crippen LogP contribution in [0.4, 0.5) is 4.39 Å². The summed E-state index contributed by atoms with van der Waals surface area (Å²) in [5.41, 5.74) is 0.807. The van der Waals surface area contributed by atoms with Crippen LogP contribution in [-0.2, 0) is 0 Å². The van der Waals surface area contributed by atoms with E-state index in [1.54, 1.807) is 6.07 Å². The quantitative estimate of drug-likeness (QED) is 0.784. The summed E-state index contributed by atoms with van der Waals surface area (Å²) in [7, 11) is 0. The van der Waals surface area contributed by atoms with Gasteiger partial charge in [-0.1, -0.05) is 0 Å². The minimum absolute atomic E-state index is 0.138. The first kappa shape index (κ1) is 10.4. The summed E-state index contributed by atoms with van der Waals surface area (Å²) in [5.74, 6) is -0.374. The Morgan fingerprint density at radius 1 is 1.41 bits per heavy atom. The molecular weight excluding hydrogens is 221 g/mol. The third-order valence-corrected chi connectivity index (χ3v) is 3.12. The maximum Gasteiger partial charge on any atom is 0.345 e. The van der Waals surface area contributed by atoms with Crippen LogP contribution in [-0.4, -0.2) is 16.5 Å². The number of benzene rings is 1. The van der Waals surface area contributed by atoms with E-state index in [1.807, 2.05) is 0 Å². The lowest BCUT2D eigenvalue weighted by atomic mass is 10.1. The van der Waals surface area contributed by atoms with E-state index in [9.17, 15) is 9.18 Å². The van der Waals surface area contributed by atoms with Gasteiger partial charge in [0.15, 0.2) is 0 Å². The van der Waals surface area contributed by atoms with Crippen LogP contribution in [0.5, 0.6) is 0 Å². The van der Waals surface area contributed by atoms with Crippen molar-refractivity contribution in [3.05, 3.63) is 40.2 Å². The topological polar surface area (TPSA) is 57.8 Å². The molecule has 1 aromatic heterocycles. The van der Waals surface area contributed by atoms with E-state index in [2.05, 4.69) is 15.3 Å². The number of nitrogens with one attached hydrogen (secondary N) is 2. The molecule has 5 heteroatoms. The Kier molecular flexibility index (Phi) is 2.40. The average Bonchev–Trinajstić information content (AvgIpc) is 2.80. The highest BCUT2D eigenvalue weighted by Crippen LogP contribution is 2.26. The molecule has 1 aliphatic heterocycles. The van der Waals surface area contributed by atoms with Crippen molar-refractivity contribution >= 4 is 10.9 Å². The lowest BCUT2D eigenvalue weighted by Crippen LogP contribution is -2.20. The van der Waals surface area contributed by atoms with Crippen molar-refractivity contribution in [1.29, 1.82) is 0 Å². The minimum Gasteiger partial charge on any atom is -0.309 e. The fourth-order valence-electron chi connectivity index (χ4n) is 2.35. The van der Waals surface area contributed by atoms with E-state index >= 15 is 0 Å². The van der Waals surface area contributed by atoms with Crippen LogP contribution in [0.25, 0.3) is 10.9 Å². The number of rotatable bonds is 1. The molecule has 2 heterocycles. The molecule has 1 fully saturated rings. The van der Waals surface area contributed by atoms with Gasteiger partial charge in [-0.3, -0.25) is 0 Å². The van der Waals surface area contributed by atoms with Gasteiger partial charge in [-0.25, -0.2) is 9.18 Å². The molecule has 1 aromatic carbocycles. The standard InChI is InChI=1S/C12H12FN3O/c13-7-3-4-8-10(6-7)15-12(17)16-11(8)9-2-1-5-14-9/h3-4,6,9,14H,1-2,5H2,(H,15,16,17). The zero-order valence-electron chi connectivity index (χ0n) is 9.16. The van der Waals surface area contributed by atoms with E-state index in [4.69, 9.17) is 0 Å². The number of halogens is 1. The molecular formula is C12H12FN3O. The maximum absolute atomic E-state index is 13.1. The summed E-state index contributed by atoms with van der Waals surface area (Å²) >= 11 is 0. The second-order valence-electron chi connectivity index (χ2n) is 4.27. The first-order chi connectivity index (χ1) is 8.24. The van der Waals surface area contributed by atoms with Crippen molar-refractivity contribution in [1.82, 2.24) is 15.3 Å². The van der Waals surface area contributed by atoms with Gasteiger partial charge in [0.25, 0.3) is 0 Å². The maximum atomic E-state index is 13.1. The van der Waals surface area contributed by atoms with Gasteiger partial charge in [-0.05, 0) is 31.5 Å². The lowest BCUT2D eigenvalue weighted by Gasteiger charge is -2.12. The van der Waals surface area contributed by atoms with Gasteiger partial charge in [0, 0.05) is 23.2 Å². The van der Waals surface area contributed by atoms with Crippen molar-refractivity contribution < 1.29 is 4.39 Å². The van der Waals surface area contributed by atoms with E-state index in [0.717, 1.165) is 30.5 Å². The Labute approximate surface area is 96.9 Å². The molecule has 0 amide bonds. The predicted octanol–water partition coefficient (Wildman–Crippen LogP) is 1.49. The second-order valence-corrected chi connectivity index (χ2v) is 4.27. The Balaban J connectivity index is 2.25. The van der Waals surface area contributed by atoms with Crippen molar-refractivity contribution in [2.45, 2.75) is 18.9 Å². The van der Waals surface area contributed by atoms with Crippen molar-refractivity contribution in [3.8, 4) is 0 Å². The first-order valence-electron chi connectivity index (χ1n) is 5.67. The molecule has 1 atom stereocenters. The number of nitrogens with zero attached hydrogens (tertiary/aromatic N) is 1. The molecule has 4 nitrogen and oxygen atoms in total. The molecule has 0 aliphatic carbocycles. The van der Waals surface area contributed by atoms with Gasteiger partial charge in [0.05, 0.1) is 5.52 Å². The Bertz CT molecular complexity index is 617. The molecule has 0 bridgehead atoms. The number of H-pyrrole nitrogens is 1. The van der Waals surface area contributed by atoms with Crippen molar-refractivity contribution in [2.24, 2.45) is 0 Å². The average molecular weight is 233 g/mol. The van der Waals surface area contributed by atoms with E-state index < -0.39 is 5.69 Å². The van der Waals surface area contributed by atoms with Gasteiger partial charge in [0.1, 0.15) is 5.82 Å². The fraction of sp³-hybridized carbons (Fsp3) is 0.333. The zero-order chi connectivity index (χ0) is 11.8. The van der Waals surface area contributed by atoms with Crippen LogP contribution in [0.2, 0.25) is 0 Å². The van der Waals surface area contributed by atoms with Crippen LogP contribution in [0.1, 0.15) is 24.6 Å². The largest absolute Gasteiger partial charge is 0.345 e. The van der Waals surface area contributed by atoms with Crippen molar-refractivity contribution in [3.63, 3.8) is 0 Å². The number of hydrogen-bond donors (Lipinski definition) is 2. The third kappa shape index (κ3) is 1.82. The molecule has 3 rings (SSSR count). The highest BCUT2D eigenvalue weighted by atomic mass is 19.1. The van der Waals surface area contributed by atoms with Gasteiger partial charge in [0.2, 0.25) is 0 Å². The van der Waals surface area contributed by atoms with Crippen LogP contribution in [0.3, 0.4) is 0 Å². The van der Waals surface area contributed by atoms with Gasteiger partial charge in [-0.15, -0.1) is 0 Å². The molecule has 0 saturated carbocycles. The molecule has 2 aromatic rings. The lowest BCUT2D eigenvalue weighted by molar-refractivity contribution is 0.623. The SMILES string of the molecule is O=c1nc2cc(F)ccc2c(C2CCCN2)[nH]1. The molecule has 1 saturated heterocycles. The molecule has 1 aliphatic rings. The van der Waals surface area contributed by atoms with Crippen LogP contribution in [0.15, 0.2) is 23.0 Å². The number of hydrogen-bond acceptors (Lipinski definition) is 3. The predicted molar refractivity (Wildman–Crippen MR) is 62.3 cm³/mol. The molecule has 0 radical (unpaired) electrons. The Morgan fingerprint density at radius 2 is 2.29 bits per heavy atom. The Hall–Kier alpha value is -1.75. The monoisotopic (exact) mass is 233 g/mol. The Morgan fingerprint density at radius 3 is 3.06 bits per heavy atom. The second kappa shape index (κ2) is 3.92. The summed E-state index contributed by atoms with van der Waals surface area (Å²) in [6, 6.07) is 4.49. The summed E-state index contributed by atoms with van der Waals surface area (Å²) < 4.78 is 13.1. The summed E-state index contributed by atoms with van der Waals surface area (Å²) in [6.45, 7) is 0.942. The fourth-order valence-corrected chi connectivity index (χ4v) is 2.35. The van der Waals surface area contributed by atoms with Crippen molar-refractivity contribution in [2.75, 3.05) is 6.54 Å². The third-order valence-electron chi connectivity index (χ3n) is 3.12. The van der Waals surface area contributed by atoms with Gasteiger partial charge >= 0.3 is 5.69 Å². The molecule has 1 unspecified atom stereocenters. The summed E-state index contributed by atoms with van der Waals surface area (Å²) in [4.78, 5) is 18.0. The van der Waals surface area contributed by atoms with Gasteiger partial charge in [-0.2, -0.15) is 4.98 Å². The smallest absolute Gasteiger partial charge is 0.309 e. The highest BCUT2D eigenvalue weighted by molar-refractivity contribution is 5.81. The number of aromatic amines is 1. The van der Waals surface area contributed by atoms with E-state index in [-0.39, 0.29) is 11.9 Å². The highest BCUT2D eigenvalue weighted by Gasteiger charge is 2.20. The minimum atomic E-state index is -0.424. The van der Waals surface area contributed by atoms with Gasteiger partial charge < -0.3 is 10.3 Å². The van der Waals surface area contributed by atoms with Crippen LogP contribution < -0.4 is 11.0 Å². The number of fused-ring (bicyclic) bond motifs is 1. The first-order valence-corrected chi connectivity index (χ1v) is 5.67. The normalized spacial score (nSPS) is 19.9. The summed E-state index contributed by atoms with van der Waals surface area (Å²) in [6.07, 6.45) is 2.06. The van der Waals surface area contributed by atoms with E-state index in [1.165, 1.54) is 12.1 Å². The van der Waals surface area contributed by atoms with Crippen LogP contribution in [0, 0.1) is 5.82 Å². The molecule has 17 heavy (non-hydrogen) atoms. The summed E-state index contributed by atoms with van der Waals surface area (Å²) in [5, 5.41) is 4.13. The zero-order valence-corrected chi connectivity index (χ0v) is 9.16. The number of aromatic nitrogens is 2. The molecule has 0 spiro atoms. The van der Waals surface area contributed by atoms with Crippen LogP contribution >= 0.6 is 0 Å².